The number of anilines is 2. The van der Waals surface area contributed by atoms with Crippen molar-refractivity contribution in [3.8, 4) is 0 Å². The molecule has 1 heterocycles. The SMILES string of the molecule is Nc1cc(N)nc(Sc2c(Cl)cccc2CNC2CC2)n1. The largest absolute Gasteiger partial charge is 0.383 e. The average molecular weight is 322 g/mol. The van der Waals surface area contributed by atoms with Gasteiger partial charge in [0.2, 0.25) is 0 Å². The lowest BCUT2D eigenvalue weighted by molar-refractivity contribution is 0.680. The second kappa shape index (κ2) is 6.09. The second-order valence-electron chi connectivity index (χ2n) is 4.99. The highest BCUT2D eigenvalue weighted by atomic mass is 35.5. The topological polar surface area (TPSA) is 89.9 Å². The lowest BCUT2D eigenvalue weighted by Crippen LogP contribution is -2.15. The van der Waals surface area contributed by atoms with Gasteiger partial charge in [-0.1, -0.05) is 23.7 Å². The van der Waals surface area contributed by atoms with Crippen molar-refractivity contribution >= 4 is 35.0 Å². The molecule has 0 atom stereocenters. The minimum absolute atomic E-state index is 0.356. The van der Waals surface area contributed by atoms with Crippen LogP contribution in [0, 0.1) is 0 Å². The molecule has 1 aromatic carbocycles. The van der Waals surface area contributed by atoms with Crippen molar-refractivity contribution < 1.29 is 0 Å². The maximum Gasteiger partial charge on any atom is 0.196 e. The molecule has 5 N–H and O–H groups in total. The molecule has 2 aromatic rings. The minimum Gasteiger partial charge on any atom is -0.383 e. The molecule has 0 spiro atoms. The maximum absolute atomic E-state index is 6.32. The summed E-state index contributed by atoms with van der Waals surface area (Å²) in [4.78, 5) is 9.32. The van der Waals surface area contributed by atoms with Crippen LogP contribution in [0.3, 0.4) is 0 Å². The van der Waals surface area contributed by atoms with Gasteiger partial charge in [-0.15, -0.1) is 0 Å². The Kier molecular flexibility index (Phi) is 4.19. The van der Waals surface area contributed by atoms with Crippen LogP contribution >= 0.6 is 23.4 Å². The first-order valence-corrected chi connectivity index (χ1v) is 7.90. The van der Waals surface area contributed by atoms with Gasteiger partial charge < -0.3 is 16.8 Å². The van der Waals surface area contributed by atoms with E-state index in [0.717, 1.165) is 17.0 Å². The molecular formula is C14H16ClN5S. The molecule has 21 heavy (non-hydrogen) atoms. The van der Waals surface area contributed by atoms with Gasteiger partial charge in [-0.2, -0.15) is 0 Å². The third kappa shape index (κ3) is 3.78. The van der Waals surface area contributed by atoms with E-state index in [-0.39, 0.29) is 0 Å². The third-order valence-electron chi connectivity index (χ3n) is 3.15. The predicted molar refractivity (Wildman–Crippen MR) is 86.3 cm³/mol. The number of rotatable bonds is 5. The standard InChI is InChI=1S/C14H16ClN5S/c15-10-3-1-2-8(7-18-9-4-5-9)13(10)21-14-19-11(16)6-12(17)20-14/h1-3,6,9,18H,4-5,7H2,(H4,16,17,19,20). The van der Waals surface area contributed by atoms with Crippen LogP contribution in [0.15, 0.2) is 34.3 Å². The van der Waals surface area contributed by atoms with Gasteiger partial charge in [-0.25, -0.2) is 9.97 Å². The number of hydrogen-bond acceptors (Lipinski definition) is 6. The molecule has 3 rings (SSSR count). The van der Waals surface area contributed by atoms with Crippen molar-refractivity contribution in [3.05, 3.63) is 34.9 Å². The summed E-state index contributed by atoms with van der Waals surface area (Å²) >= 11 is 7.71. The van der Waals surface area contributed by atoms with Gasteiger partial charge in [-0.3, -0.25) is 0 Å². The molecule has 0 radical (unpaired) electrons. The highest BCUT2D eigenvalue weighted by molar-refractivity contribution is 7.99. The maximum atomic E-state index is 6.32. The van der Waals surface area contributed by atoms with E-state index in [9.17, 15) is 0 Å². The summed E-state index contributed by atoms with van der Waals surface area (Å²) in [5.41, 5.74) is 12.5. The van der Waals surface area contributed by atoms with Gasteiger partial charge in [0.05, 0.1) is 5.02 Å². The number of halogens is 1. The van der Waals surface area contributed by atoms with E-state index in [1.54, 1.807) is 0 Å². The van der Waals surface area contributed by atoms with Crippen molar-refractivity contribution in [1.82, 2.24) is 15.3 Å². The minimum atomic E-state index is 0.356. The van der Waals surface area contributed by atoms with E-state index in [2.05, 4.69) is 21.4 Å². The quantitative estimate of drug-likeness (QED) is 0.734. The summed E-state index contributed by atoms with van der Waals surface area (Å²) < 4.78 is 0. The molecule has 1 saturated carbocycles. The highest BCUT2D eigenvalue weighted by Gasteiger charge is 2.21. The third-order valence-corrected chi connectivity index (χ3v) is 4.62. The number of nitrogens with two attached hydrogens (primary N) is 2. The molecule has 1 aliphatic carbocycles. The van der Waals surface area contributed by atoms with E-state index < -0.39 is 0 Å². The number of hydrogen-bond donors (Lipinski definition) is 3. The van der Waals surface area contributed by atoms with E-state index >= 15 is 0 Å². The molecule has 1 fully saturated rings. The number of nitrogen functional groups attached to an aromatic ring is 2. The van der Waals surface area contributed by atoms with Gasteiger partial charge in [0, 0.05) is 23.5 Å². The monoisotopic (exact) mass is 321 g/mol. The predicted octanol–water partition coefficient (Wildman–Crippen LogP) is 2.70. The first kappa shape index (κ1) is 14.4. The number of nitrogens with zero attached hydrogens (tertiary/aromatic N) is 2. The number of benzene rings is 1. The fourth-order valence-corrected chi connectivity index (χ4v) is 3.18. The van der Waals surface area contributed by atoms with E-state index in [0.29, 0.717) is 27.9 Å². The van der Waals surface area contributed by atoms with E-state index in [1.165, 1.54) is 30.7 Å². The van der Waals surface area contributed by atoms with Crippen LogP contribution in [0.1, 0.15) is 18.4 Å². The number of nitrogens with one attached hydrogen (secondary N) is 1. The lowest BCUT2D eigenvalue weighted by atomic mass is 10.2. The van der Waals surface area contributed by atoms with Crippen molar-refractivity contribution in [2.24, 2.45) is 0 Å². The fraction of sp³-hybridized carbons (Fsp3) is 0.286. The van der Waals surface area contributed by atoms with Crippen LogP contribution in [0.25, 0.3) is 0 Å². The zero-order valence-corrected chi connectivity index (χ0v) is 12.9. The summed E-state index contributed by atoms with van der Waals surface area (Å²) in [5, 5.41) is 4.67. The van der Waals surface area contributed by atoms with Gasteiger partial charge in [0.25, 0.3) is 0 Å². The van der Waals surface area contributed by atoms with Crippen LogP contribution in [0.5, 0.6) is 0 Å². The first-order chi connectivity index (χ1) is 10.1. The smallest absolute Gasteiger partial charge is 0.196 e. The Morgan fingerprint density at radius 1 is 1.24 bits per heavy atom. The summed E-state index contributed by atoms with van der Waals surface area (Å²) in [7, 11) is 0. The molecule has 0 bridgehead atoms. The van der Waals surface area contributed by atoms with Crippen LogP contribution in [0.4, 0.5) is 11.6 Å². The average Bonchev–Trinajstić information content (AvgIpc) is 3.22. The molecule has 0 aliphatic heterocycles. The number of aromatic nitrogens is 2. The Bertz CT molecular complexity index is 640. The lowest BCUT2D eigenvalue weighted by Gasteiger charge is -2.11. The molecule has 0 saturated heterocycles. The molecule has 1 aliphatic rings. The molecule has 110 valence electrons. The van der Waals surface area contributed by atoms with Crippen molar-refractivity contribution in [2.75, 3.05) is 11.5 Å². The van der Waals surface area contributed by atoms with Crippen molar-refractivity contribution in [1.29, 1.82) is 0 Å². The Hall–Kier alpha value is -1.50. The van der Waals surface area contributed by atoms with Gasteiger partial charge >= 0.3 is 0 Å². The summed E-state index contributed by atoms with van der Waals surface area (Å²) in [6.07, 6.45) is 2.50. The van der Waals surface area contributed by atoms with Crippen LogP contribution < -0.4 is 16.8 Å². The summed E-state index contributed by atoms with van der Waals surface area (Å²) in [5.74, 6) is 0.712. The Morgan fingerprint density at radius 2 is 1.95 bits per heavy atom. The van der Waals surface area contributed by atoms with Crippen LogP contribution in [-0.2, 0) is 6.54 Å². The molecule has 1 aromatic heterocycles. The fourth-order valence-electron chi connectivity index (χ4n) is 1.95. The summed E-state index contributed by atoms with van der Waals surface area (Å²) in [6, 6.07) is 8.04. The Balaban J connectivity index is 1.85. The van der Waals surface area contributed by atoms with Gasteiger partial charge in [0.1, 0.15) is 11.6 Å². The highest BCUT2D eigenvalue weighted by Crippen LogP contribution is 2.35. The van der Waals surface area contributed by atoms with Crippen molar-refractivity contribution in [3.63, 3.8) is 0 Å². The van der Waals surface area contributed by atoms with Crippen LogP contribution in [0.2, 0.25) is 5.02 Å². The van der Waals surface area contributed by atoms with E-state index in [1.807, 2.05) is 12.1 Å². The normalized spacial score (nSPS) is 14.3. The van der Waals surface area contributed by atoms with Gasteiger partial charge in [0.15, 0.2) is 5.16 Å². The molecule has 0 unspecified atom stereocenters. The van der Waals surface area contributed by atoms with Crippen molar-refractivity contribution in [2.45, 2.75) is 35.5 Å². The molecule has 7 heteroatoms. The van der Waals surface area contributed by atoms with Crippen LogP contribution in [-0.4, -0.2) is 16.0 Å². The summed E-state index contributed by atoms with van der Waals surface area (Å²) in [6.45, 7) is 0.783. The zero-order valence-electron chi connectivity index (χ0n) is 11.3. The Labute approximate surface area is 132 Å². The molecule has 0 amide bonds. The first-order valence-electron chi connectivity index (χ1n) is 6.70. The van der Waals surface area contributed by atoms with E-state index in [4.69, 9.17) is 23.1 Å². The molecular weight excluding hydrogens is 306 g/mol. The second-order valence-corrected chi connectivity index (χ2v) is 6.37. The molecule has 5 nitrogen and oxygen atoms in total. The van der Waals surface area contributed by atoms with Gasteiger partial charge in [-0.05, 0) is 36.2 Å². The zero-order chi connectivity index (χ0) is 14.8. The Morgan fingerprint density at radius 3 is 2.62 bits per heavy atom.